The van der Waals surface area contributed by atoms with Crippen molar-refractivity contribution >= 4 is 35.2 Å². The minimum atomic E-state index is -0.568. The number of hydrogen-bond donors (Lipinski definition) is 2. The van der Waals surface area contributed by atoms with Gasteiger partial charge in [-0.25, -0.2) is 9.89 Å². The summed E-state index contributed by atoms with van der Waals surface area (Å²) in [4.78, 5) is 14.6. The van der Waals surface area contributed by atoms with E-state index in [4.69, 9.17) is 27.9 Å². The van der Waals surface area contributed by atoms with Gasteiger partial charge in [-0.15, -0.1) is 0 Å². The molecule has 7 nitrogen and oxygen atoms in total. The van der Waals surface area contributed by atoms with Crippen LogP contribution < -0.4 is 15.9 Å². The van der Waals surface area contributed by atoms with Gasteiger partial charge in [0, 0.05) is 0 Å². The third-order valence-electron chi connectivity index (χ3n) is 2.34. The fraction of sp³-hybridized carbons (Fsp3) is 0.231. The van der Waals surface area contributed by atoms with Gasteiger partial charge in [-0.05, 0) is 31.5 Å². The van der Waals surface area contributed by atoms with Crippen molar-refractivity contribution in [1.82, 2.24) is 15.2 Å². The number of hydrogen-bond acceptors (Lipinski definition) is 6. The number of aromatic amines is 1. The maximum Gasteiger partial charge on any atom is 0.363 e. The average molecular weight is 342 g/mol. The topological polar surface area (TPSA) is 92.3 Å². The summed E-state index contributed by atoms with van der Waals surface area (Å²) in [6, 6.07) is 3.33. The molecular formula is C13H13Cl2N5O2. The van der Waals surface area contributed by atoms with Crippen LogP contribution in [0.3, 0.4) is 0 Å². The minimum Gasteiger partial charge on any atom is -0.488 e. The number of benzene rings is 1. The Balaban J connectivity index is 2.13. The summed E-state index contributed by atoms with van der Waals surface area (Å²) in [5, 5.41) is 10.5. The molecule has 1 aromatic heterocycles. The second kappa shape index (κ2) is 7.24. The zero-order chi connectivity index (χ0) is 16.1. The van der Waals surface area contributed by atoms with E-state index in [0.717, 1.165) is 0 Å². The van der Waals surface area contributed by atoms with E-state index in [2.05, 4.69) is 25.7 Å². The molecule has 0 saturated heterocycles. The number of rotatable bonds is 5. The number of halogens is 2. The van der Waals surface area contributed by atoms with Crippen LogP contribution in [-0.4, -0.2) is 27.5 Å². The molecule has 0 aliphatic rings. The molecule has 0 radical (unpaired) electrons. The van der Waals surface area contributed by atoms with E-state index in [9.17, 15) is 4.79 Å². The third-order valence-corrected chi connectivity index (χ3v) is 2.90. The Morgan fingerprint density at radius 1 is 1.36 bits per heavy atom. The van der Waals surface area contributed by atoms with Crippen molar-refractivity contribution in [2.45, 2.75) is 20.0 Å². The van der Waals surface area contributed by atoms with Gasteiger partial charge in [0.05, 0.1) is 28.6 Å². The number of hydrazone groups is 1. The van der Waals surface area contributed by atoms with Crippen LogP contribution in [0, 0.1) is 0 Å². The summed E-state index contributed by atoms with van der Waals surface area (Å²) in [5.41, 5.74) is 2.67. The molecule has 22 heavy (non-hydrogen) atoms. The van der Waals surface area contributed by atoms with Crippen molar-refractivity contribution in [2.75, 3.05) is 5.43 Å². The van der Waals surface area contributed by atoms with Crippen LogP contribution in [0.2, 0.25) is 10.0 Å². The van der Waals surface area contributed by atoms with E-state index in [1.54, 1.807) is 12.1 Å². The molecule has 9 heteroatoms. The maximum atomic E-state index is 11.0. The highest BCUT2D eigenvalue weighted by Gasteiger charge is 2.10. The molecule has 0 spiro atoms. The van der Waals surface area contributed by atoms with Gasteiger partial charge in [-0.2, -0.15) is 15.2 Å². The number of H-pyrrole nitrogens is 1. The molecule has 116 valence electrons. The van der Waals surface area contributed by atoms with Crippen molar-refractivity contribution in [2.24, 2.45) is 5.10 Å². The molecule has 1 heterocycles. The van der Waals surface area contributed by atoms with Gasteiger partial charge in [-0.1, -0.05) is 23.2 Å². The van der Waals surface area contributed by atoms with E-state index in [1.807, 2.05) is 13.8 Å². The first-order chi connectivity index (χ1) is 10.5. The normalized spacial score (nSPS) is 11.1. The summed E-state index contributed by atoms with van der Waals surface area (Å²) < 4.78 is 5.54. The zero-order valence-corrected chi connectivity index (χ0v) is 13.3. The van der Waals surface area contributed by atoms with Crippen LogP contribution in [-0.2, 0) is 0 Å². The lowest BCUT2D eigenvalue weighted by atomic mass is 10.2. The highest BCUT2D eigenvalue weighted by atomic mass is 35.5. The van der Waals surface area contributed by atoms with Gasteiger partial charge in [0.1, 0.15) is 0 Å². The Hall–Kier alpha value is -2.12. The van der Waals surface area contributed by atoms with Crippen molar-refractivity contribution in [3.05, 3.63) is 44.4 Å². The predicted octanol–water partition coefficient (Wildman–Crippen LogP) is 2.70. The van der Waals surface area contributed by atoms with Crippen molar-refractivity contribution < 1.29 is 4.74 Å². The molecule has 2 aromatic rings. The SMILES string of the molecule is CC(C)Oc1c(Cl)cc(/C=N/Nc2cn[nH]c(=O)n2)cc1Cl. The Bertz CT molecular complexity index is 722. The summed E-state index contributed by atoms with van der Waals surface area (Å²) >= 11 is 12.3. The van der Waals surface area contributed by atoms with Crippen molar-refractivity contribution in [1.29, 1.82) is 0 Å². The van der Waals surface area contributed by atoms with Crippen LogP contribution >= 0.6 is 23.2 Å². The summed E-state index contributed by atoms with van der Waals surface area (Å²) in [7, 11) is 0. The molecule has 1 aromatic carbocycles. The van der Waals surface area contributed by atoms with Crippen LogP contribution in [0.1, 0.15) is 19.4 Å². The van der Waals surface area contributed by atoms with Gasteiger partial charge in [0.15, 0.2) is 11.6 Å². The summed E-state index contributed by atoms with van der Waals surface area (Å²) in [5.74, 6) is 0.654. The molecule has 0 unspecified atom stereocenters. The average Bonchev–Trinajstić information content (AvgIpc) is 2.43. The molecule has 2 N–H and O–H groups in total. The highest BCUT2D eigenvalue weighted by Crippen LogP contribution is 2.34. The van der Waals surface area contributed by atoms with E-state index in [1.165, 1.54) is 12.4 Å². The number of anilines is 1. The van der Waals surface area contributed by atoms with Crippen molar-refractivity contribution in [3.8, 4) is 5.75 Å². The van der Waals surface area contributed by atoms with E-state index < -0.39 is 5.69 Å². The van der Waals surface area contributed by atoms with E-state index in [0.29, 0.717) is 21.4 Å². The van der Waals surface area contributed by atoms with Gasteiger partial charge < -0.3 is 4.74 Å². The Kier molecular flexibility index (Phi) is 5.35. The fourth-order valence-corrected chi connectivity index (χ4v) is 2.13. The van der Waals surface area contributed by atoms with Gasteiger partial charge in [-0.3, -0.25) is 5.43 Å². The summed E-state index contributed by atoms with van der Waals surface area (Å²) in [6.07, 6.45) is 2.78. The molecular weight excluding hydrogens is 329 g/mol. The fourth-order valence-electron chi connectivity index (χ4n) is 1.54. The first kappa shape index (κ1) is 16.3. The Morgan fingerprint density at radius 3 is 2.64 bits per heavy atom. The zero-order valence-electron chi connectivity index (χ0n) is 11.8. The first-order valence-corrected chi connectivity index (χ1v) is 7.08. The number of ether oxygens (including phenoxy) is 1. The standard InChI is InChI=1S/C13H13Cl2N5O2/c1-7(2)22-12-9(14)3-8(4-10(12)15)5-16-19-11-6-17-20-13(21)18-11/h3-7H,1-2H3,(H2,18,19,20,21)/b16-5+. The molecule has 0 bridgehead atoms. The molecule has 2 rings (SSSR count). The second-order valence-electron chi connectivity index (χ2n) is 4.52. The number of aromatic nitrogens is 3. The van der Waals surface area contributed by atoms with Crippen LogP contribution in [0.25, 0.3) is 0 Å². The first-order valence-electron chi connectivity index (χ1n) is 6.32. The summed E-state index contributed by atoms with van der Waals surface area (Å²) in [6.45, 7) is 3.77. The lowest BCUT2D eigenvalue weighted by Gasteiger charge is -2.13. The second-order valence-corrected chi connectivity index (χ2v) is 5.34. The lowest BCUT2D eigenvalue weighted by Crippen LogP contribution is -2.13. The minimum absolute atomic E-state index is 0.0362. The largest absolute Gasteiger partial charge is 0.488 e. The van der Waals surface area contributed by atoms with E-state index >= 15 is 0 Å². The number of nitrogens with zero attached hydrogens (tertiary/aromatic N) is 3. The molecule has 0 aliphatic carbocycles. The van der Waals surface area contributed by atoms with E-state index in [-0.39, 0.29) is 11.9 Å². The smallest absolute Gasteiger partial charge is 0.363 e. The van der Waals surface area contributed by atoms with Crippen molar-refractivity contribution in [3.63, 3.8) is 0 Å². The van der Waals surface area contributed by atoms with Crippen LogP contribution in [0.5, 0.6) is 5.75 Å². The van der Waals surface area contributed by atoms with Gasteiger partial charge >= 0.3 is 5.69 Å². The lowest BCUT2D eigenvalue weighted by molar-refractivity contribution is 0.243. The van der Waals surface area contributed by atoms with Gasteiger partial charge in [0.2, 0.25) is 0 Å². The van der Waals surface area contributed by atoms with Crippen LogP contribution in [0.4, 0.5) is 5.82 Å². The Morgan fingerprint density at radius 2 is 2.05 bits per heavy atom. The maximum absolute atomic E-state index is 11.0. The predicted molar refractivity (Wildman–Crippen MR) is 86.1 cm³/mol. The highest BCUT2D eigenvalue weighted by molar-refractivity contribution is 6.37. The van der Waals surface area contributed by atoms with Crippen LogP contribution in [0.15, 0.2) is 28.2 Å². The number of nitrogens with one attached hydrogen (secondary N) is 2. The molecule has 0 aliphatic heterocycles. The van der Waals surface area contributed by atoms with Gasteiger partial charge in [0.25, 0.3) is 0 Å². The molecule has 0 atom stereocenters. The quantitative estimate of drug-likeness (QED) is 0.644. The third kappa shape index (κ3) is 4.44. The Labute approximate surface area is 136 Å². The molecule has 0 fully saturated rings. The monoisotopic (exact) mass is 341 g/mol. The molecule has 0 saturated carbocycles. The molecule has 0 amide bonds.